The Morgan fingerprint density at radius 1 is 0.909 bits per heavy atom. The smallest absolute Gasteiger partial charge is 0.224 e. The minimum atomic E-state index is -0.117. The number of hydrogen-bond acceptors (Lipinski definition) is 2. The van der Waals surface area contributed by atoms with Crippen LogP contribution in [0.2, 0.25) is 0 Å². The van der Waals surface area contributed by atoms with Crippen LogP contribution in [0.25, 0.3) is 0 Å². The lowest BCUT2D eigenvalue weighted by atomic mass is 9.97. The Morgan fingerprint density at radius 2 is 1.45 bits per heavy atom. The van der Waals surface area contributed by atoms with Crippen molar-refractivity contribution in [3.05, 3.63) is 60.2 Å². The van der Waals surface area contributed by atoms with E-state index in [9.17, 15) is 9.59 Å². The van der Waals surface area contributed by atoms with Crippen LogP contribution in [0.5, 0.6) is 0 Å². The highest BCUT2D eigenvalue weighted by Gasteiger charge is 2.11. The van der Waals surface area contributed by atoms with E-state index >= 15 is 0 Å². The SMILES string of the molecule is CC(=O)Nc1ccc(NC(=O)C[C@H](C)c2ccccc2)cc1. The van der Waals surface area contributed by atoms with E-state index in [1.807, 2.05) is 37.3 Å². The fourth-order valence-corrected chi connectivity index (χ4v) is 2.23. The van der Waals surface area contributed by atoms with Gasteiger partial charge in [0.1, 0.15) is 0 Å². The first kappa shape index (κ1) is 15.8. The first-order valence-corrected chi connectivity index (χ1v) is 7.27. The molecule has 2 N–H and O–H groups in total. The van der Waals surface area contributed by atoms with E-state index in [-0.39, 0.29) is 17.7 Å². The van der Waals surface area contributed by atoms with Crippen molar-refractivity contribution in [2.45, 2.75) is 26.2 Å². The largest absolute Gasteiger partial charge is 0.326 e. The molecule has 0 aliphatic rings. The van der Waals surface area contributed by atoms with Gasteiger partial charge in [0.15, 0.2) is 0 Å². The molecule has 1 atom stereocenters. The third kappa shape index (κ3) is 4.74. The van der Waals surface area contributed by atoms with Crippen LogP contribution in [0.4, 0.5) is 11.4 Å². The van der Waals surface area contributed by atoms with Gasteiger partial charge in [-0.05, 0) is 35.7 Å². The highest BCUT2D eigenvalue weighted by Crippen LogP contribution is 2.20. The van der Waals surface area contributed by atoms with Gasteiger partial charge in [-0.15, -0.1) is 0 Å². The van der Waals surface area contributed by atoms with Crippen LogP contribution >= 0.6 is 0 Å². The van der Waals surface area contributed by atoms with Gasteiger partial charge >= 0.3 is 0 Å². The first-order valence-electron chi connectivity index (χ1n) is 7.27. The molecule has 0 heterocycles. The maximum Gasteiger partial charge on any atom is 0.224 e. The minimum Gasteiger partial charge on any atom is -0.326 e. The van der Waals surface area contributed by atoms with Crippen molar-refractivity contribution in [3.63, 3.8) is 0 Å². The zero-order valence-corrected chi connectivity index (χ0v) is 12.8. The van der Waals surface area contributed by atoms with E-state index in [4.69, 9.17) is 0 Å². The van der Waals surface area contributed by atoms with E-state index in [0.29, 0.717) is 12.1 Å². The molecule has 22 heavy (non-hydrogen) atoms. The summed E-state index contributed by atoms with van der Waals surface area (Å²) in [6.45, 7) is 3.50. The van der Waals surface area contributed by atoms with Crippen molar-refractivity contribution in [2.75, 3.05) is 10.6 Å². The molecule has 0 aliphatic carbocycles. The monoisotopic (exact) mass is 296 g/mol. The molecule has 0 spiro atoms. The second-order valence-electron chi connectivity index (χ2n) is 5.32. The average Bonchev–Trinajstić information content (AvgIpc) is 2.49. The van der Waals surface area contributed by atoms with E-state index < -0.39 is 0 Å². The van der Waals surface area contributed by atoms with Crippen LogP contribution in [-0.4, -0.2) is 11.8 Å². The normalized spacial score (nSPS) is 11.5. The summed E-state index contributed by atoms with van der Waals surface area (Å²) in [5.41, 5.74) is 2.58. The summed E-state index contributed by atoms with van der Waals surface area (Å²) < 4.78 is 0. The van der Waals surface area contributed by atoms with E-state index in [1.165, 1.54) is 6.92 Å². The maximum absolute atomic E-state index is 12.1. The van der Waals surface area contributed by atoms with Crippen molar-refractivity contribution in [2.24, 2.45) is 0 Å². The second-order valence-corrected chi connectivity index (χ2v) is 5.32. The third-order valence-electron chi connectivity index (χ3n) is 3.35. The molecule has 2 aromatic carbocycles. The molecule has 0 unspecified atom stereocenters. The van der Waals surface area contributed by atoms with Crippen LogP contribution in [0.15, 0.2) is 54.6 Å². The van der Waals surface area contributed by atoms with Crippen molar-refractivity contribution < 1.29 is 9.59 Å². The first-order chi connectivity index (χ1) is 10.5. The van der Waals surface area contributed by atoms with Gasteiger partial charge in [-0.3, -0.25) is 9.59 Å². The average molecular weight is 296 g/mol. The highest BCUT2D eigenvalue weighted by molar-refractivity contribution is 5.92. The van der Waals surface area contributed by atoms with Crippen molar-refractivity contribution in [1.29, 1.82) is 0 Å². The molecule has 0 saturated heterocycles. The van der Waals surface area contributed by atoms with Gasteiger partial charge in [0.25, 0.3) is 0 Å². The summed E-state index contributed by atoms with van der Waals surface area (Å²) in [4.78, 5) is 23.0. The fraction of sp³-hybridized carbons (Fsp3) is 0.222. The van der Waals surface area contributed by atoms with E-state index in [0.717, 1.165) is 11.3 Å². The van der Waals surface area contributed by atoms with Gasteiger partial charge in [-0.25, -0.2) is 0 Å². The van der Waals surface area contributed by atoms with Crippen LogP contribution in [0.1, 0.15) is 31.7 Å². The summed E-state index contributed by atoms with van der Waals surface area (Å²) in [7, 11) is 0. The number of carbonyl (C=O) groups excluding carboxylic acids is 2. The second kappa shape index (κ2) is 7.41. The molecule has 4 nitrogen and oxygen atoms in total. The van der Waals surface area contributed by atoms with Gasteiger partial charge in [0.2, 0.25) is 11.8 Å². The predicted molar refractivity (Wildman–Crippen MR) is 88.8 cm³/mol. The van der Waals surface area contributed by atoms with Gasteiger partial charge in [0, 0.05) is 24.7 Å². The summed E-state index contributed by atoms with van der Waals surface area (Å²) >= 11 is 0. The number of benzene rings is 2. The topological polar surface area (TPSA) is 58.2 Å². The lowest BCUT2D eigenvalue weighted by molar-refractivity contribution is -0.116. The van der Waals surface area contributed by atoms with Gasteiger partial charge in [-0.1, -0.05) is 37.3 Å². The number of nitrogens with one attached hydrogen (secondary N) is 2. The van der Waals surface area contributed by atoms with Gasteiger partial charge in [-0.2, -0.15) is 0 Å². The molecule has 0 radical (unpaired) electrons. The van der Waals surface area contributed by atoms with Crippen molar-refractivity contribution in [3.8, 4) is 0 Å². The Balaban J connectivity index is 1.90. The molecule has 0 aromatic heterocycles. The molecule has 114 valence electrons. The molecule has 0 fully saturated rings. The summed E-state index contributed by atoms with van der Waals surface area (Å²) in [6, 6.07) is 17.0. The standard InChI is InChI=1S/C18H20N2O2/c1-13(15-6-4-3-5-7-15)12-18(22)20-17-10-8-16(9-11-17)19-14(2)21/h3-11,13H,12H2,1-2H3,(H,19,21)(H,20,22)/t13-/m0/s1. The summed E-state index contributed by atoms with van der Waals surface area (Å²) in [6.07, 6.45) is 0.428. The van der Waals surface area contributed by atoms with E-state index in [1.54, 1.807) is 24.3 Å². The molecule has 0 bridgehead atoms. The van der Waals surface area contributed by atoms with Crippen LogP contribution < -0.4 is 10.6 Å². The molecule has 4 heteroatoms. The van der Waals surface area contributed by atoms with Crippen molar-refractivity contribution in [1.82, 2.24) is 0 Å². The number of rotatable bonds is 5. The molecular weight excluding hydrogens is 276 g/mol. The molecule has 0 aliphatic heterocycles. The third-order valence-corrected chi connectivity index (χ3v) is 3.35. The molecule has 2 rings (SSSR count). The number of hydrogen-bond donors (Lipinski definition) is 2. The number of anilines is 2. The zero-order valence-electron chi connectivity index (χ0n) is 12.8. The van der Waals surface area contributed by atoms with Crippen LogP contribution in [0, 0.1) is 0 Å². The van der Waals surface area contributed by atoms with Gasteiger partial charge in [0.05, 0.1) is 0 Å². The fourth-order valence-electron chi connectivity index (χ4n) is 2.23. The number of carbonyl (C=O) groups is 2. The number of amides is 2. The lowest BCUT2D eigenvalue weighted by Crippen LogP contribution is -2.14. The minimum absolute atomic E-state index is 0.0244. The molecule has 2 aromatic rings. The zero-order chi connectivity index (χ0) is 15.9. The van der Waals surface area contributed by atoms with Crippen LogP contribution in [-0.2, 0) is 9.59 Å². The van der Waals surface area contributed by atoms with Gasteiger partial charge < -0.3 is 10.6 Å². The Hall–Kier alpha value is -2.62. The molecular formula is C18H20N2O2. The Labute approximate surface area is 130 Å². The van der Waals surface area contributed by atoms with Crippen molar-refractivity contribution >= 4 is 23.2 Å². The lowest BCUT2D eigenvalue weighted by Gasteiger charge is -2.12. The quantitative estimate of drug-likeness (QED) is 0.882. The summed E-state index contributed by atoms with van der Waals surface area (Å²) in [5.74, 6) is 0.0250. The Bertz CT molecular complexity index is 636. The van der Waals surface area contributed by atoms with Crippen LogP contribution in [0.3, 0.4) is 0 Å². The summed E-state index contributed by atoms with van der Waals surface area (Å²) in [5, 5.41) is 5.56. The Morgan fingerprint density at radius 3 is 2.00 bits per heavy atom. The predicted octanol–water partition coefficient (Wildman–Crippen LogP) is 3.78. The maximum atomic E-state index is 12.1. The molecule has 2 amide bonds. The highest BCUT2D eigenvalue weighted by atomic mass is 16.2. The van der Waals surface area contributed by atoms with E-state index in [2.05, 4.69) is 10.6 Å². The molecule has 0 saturated carbocycles. The Kier molecular flexibility index (Phi) is 5.31.